The third-order valence-electron chi connectivity index (χ3n) is 6.03. The van der Waals surface area contributed by atoms with Crippen molar-refractivity contribution in [2.24, 2.45) is 0 Å². The van der Waals surface area contributed by atoms with E-state index in [9.17, 15) is 9.59 Å². The number of nitrogens with one attached hydrogen (secondary N) is 1. The quantitative estimate of drug-likeness (QED) is 0.491. The first-order valence-corrected chi connectivity index (χ1v) is 11.1. The standard InChI is InChI=1S/C27H28N2O6/c1-32-20-10-7-9-19(14-20)28-25(30)15-22(29-16-17-8-5-6-11-21(17)27(29)31)18-12-23(33-2)26(35-4)24(13-18)34-3/h5-14,22H,15-16H2,1-4H3,(H,28,30)/t22-/m0/s1. The van der Waals surface area contributed by atoms with E-state index in [-0.39, 0.29) is 18.2 Å². The lowest BCUT2D eigenvalue weighted by molar-refractivity contribution is -0.117. The number of nitrogens with zero attached hydrogens (tertiary/aromatic N) is 1. The van der Waals surface area contributed by atoms with Gasteiger partial charge >= 0.3 is 0 Å². The predicted molar refractivity (Wildman–Crippen MR) is 131 cm³/mol. The zero-order chi connectivity index (χ0) is 24.9. The summed E-state index contributed by atoms with van der Waals surface area (Å²) in [6.07, 6.45) is 0.0234. The Kier molecular flexibility index (Phi) is 7.10. The predicted octanol–water partition coefficient (Wildman–Crippen LogP) is 4.45. The Balaban J connectivity index is 1.70. The summed E-state index contributed by atoms with van der Waals surface area (Å²) in [5.74, 6) is 1.59. The van der Waals surface area contributed by atoms with E-state index in [0.717, 1.165) is 5.56 Å². The summed E-state index contributed by atoms with van der Waals surface area (Å²) < 4.78 is 21.7. The zero-order valence-corrected chi connectivity index (χ0v) is 20.2. The van der Waals surface area contributed by atoms with Crippen LogP contribution < -0.4 is 24.3 Å². The fourth-order valence-corrected chi connectivity index (χ4v) is 4.32. The van der Waals surface area contributed by atoms with Gasteiger partial charge in [-0.05, 0) is 41.5 Å². The van der Waals surface area contributed by atoms with Crippen LogP contribution in [0.1, 0.15) is 33.9 Å². The number of methoxy groups -OCH3 is 4. The van der Waals surface area contributed by atoms with Crippen molar-refractivity contribution in [1.82, 2.24) is 4.90 Å². The van der Waals surface area contributed by atoms with Gasteiger partial charge in [0.2, 0.25) is 11.7 Å². The number of benzene rings is 3. The van der Waals surface area contributed by atoms with Crippen LogP contribution in [0.5, 0.6) is 23.0 Å². The minimum atomic E-state index is -0.575. The highest BCUT2D eigenvalue weighted by Gasteiger charge is 2.35. The van der Waals surface area contributed by atoms with Crippen LogP contribution in [0.25, 0.3) is 0 Å². The minimum Gasteiger partial charge on any atom is -0.497 e. The van der Waals surface area contributed by atoms with E-state index in [4.69, 9.17) is 18.9 Å². The number of hydrogen-bond acceptors (Lipinski definition) is 6. The number of amides is 2. The summed E-state index contributed by atoms with van der Waals surface area (Å²) in [5, 5.41) is 2.91. The molecule has 2 amide bonds. The van der Waals surface area contributed by atoms with Gasteiger partial charge in [-0.1, -0.05) is 24.3 Å². The van der Waals surface area contributed by atoms with Gasteiger partial charge in [0, 0.05) is 23.9 Å². The highest BCUT2D eigenvalue weighted by atomic mass is 16.5. The smallest absolute Gasteiger partial charge is 0.255 e. The second kappa shape index (κ2) is 10.4. The average Bonchev–Trinajstić information content (AvgIpc) is 3.22. The molecule has 0 fully saturated rings. The van der Waals surface area contributed by atoms with E-state index in [1.54, 1.807) is 54.5 Å². The van der Waals surface area contributed by atoms with Gasteiger partial charge in [-0.2, -0.15) is 0 Å². The maximum absolute atomic E-state index is 13.4. The highest BCUT2D eigenvalue weighted by molar-refractivity contribution is 5.99. The fraction of sp³-hybridized carbons (Fsp3) is 0.259. The van der Waals surface area contributed by atoms with Gasteiger partial charge in [-0.3, -0.25) is 9.59 Å². The molecule has 1 aliphatic rings. The molecule has 0 bridgehead atoms. The summed E-state index contributed by atoms with van der Waals surface area (Å²) in [7, 11) is 6.16. The molecule has 0 unspecified atom stereocenters. The number of rotatable bonds is 9. The minimum absolute atomic E-state index is 0.0234. The van der Waals surface area contributed by atoms with E-state index in [0.29, 0.717) is 46.4 Å². The third kappa shape index (κ3) is 4.87. The number of carbonyl (C=O) groups is 2. The lowest BCUT2D eigenvalue weighted by Gasteiger charge is -2.29. The molecule has 3 aromatic rings. The Labute approximate surface area is 204 Å². The lowest BCUT2D eigenvalue weighted by atomic mass is 10.00. The van der Waals surface area contributed by atoms with Gasteiger partial charge in [0.1, 0.15) is 5.75 Å². The molecule has 1 aliphatic heterocycles. The Morgan fingerprint density at radius 3 is 2.26 bits per heavy atom. The van der Waals surface area contributed by atoms with Gasteiger partial charge in [-0.25, -0.2) is 0 Å². The van der Waals surface area contributed by atoms with Crippen LogP contribution in [0.2, 0.25) is 0 Å². The molecule has 35 heavy (non-hydrogen) atoms. The van der Waals surface area contributed by atoms with Crippen LogP contribution in [0.3, 0.4) is 0 Å². The zero-order valence-electron chi connectivity index (χ0n) is 20.2. The van der Waals surface area contributed by atoms with Crippen LogP contribution in [-0.2, 0) is 11.3 Å². The number of carbonyl (C=O) groups excluding carboxylic acids is 2. The monoisotopic (exact) mass is 476 g/mol. The Bertz CT molecular complexity index is 1220. The van der Waals surface area contributed by atoms with E-state index < -0.39 is 6.04 Å². The molecule has 8 heteroatoms. The Morgan fingerprint density at radius 2 is 1.63 bits per heavy atom. The molecule has 0 spiro atoms. The van der Waals surface area contributed by atoms with Crippen molar-refractivity contribution in [3.05, 3.63) is 77.4 Å². The Hall–Kier alpha value is -4.20. The van der Waals surface area contributed by atoms with Crippen molar-refractivity contribution >= 4 is 17.5 Å². The van der Waals surface area contributed by atoms with Crippen molar-refractivity contribution in [2.45, 2.75) is 19.0 Å². The molecule has 0 saturated heterocycles. The molecule has 3 aromatic carbocycles. The normalized spacial score (nSPS) is 13.1. The van der Waals surface area contributed by atoms with E-state index in [1.807, 2.05) is 18.2 Å². The molecular formula is C27H28N2O6. The average molecular weight is 477 g/mol. The second-order valence-corrected chi connectivity index (χ2v) is 8.05. The van der Waals surface area contributed by atoms with Crippen molar-refractivity contribution in [2.75, 3.05) is 33.8 Å². The Morgan fingerprint density at radius 1 is 0.914 bits per heavy atom. The molecule has 1 heterocycles. The first kappa shape index (κ1) is 23.9. The van der Waals surface area contributed by atoms with Crippen molar-refractivity contribution in [3.63, 3.8) is 0 Å². The second-order valence-electron chi connectivity index (χ2n) is 8.05. The maximum atomic E-state index is 13.4. The van der Waals surface area contributed by atoms with Crippen LogP contribution >= 0.6 is 0 Å². The van der Waals surface area contributed by atoms with E-state index in [2.05, 4.69) is 5.32 Å². The van der Waals surface area contributed by atoms with Gasteiger partial charge in [0.15, 0.2) is 11.5 Å². The molecule has 1 N–H and O–H groups in total. The highest BCUT2D eigenvalue weighted by Crippen LogP contribution is 2.43. The van der Waals surface area contributed by atoms with Gasteiger partial charge < -0.3 is 29.2 Å². The summed E-state index contributed by atoms with van der Waals surface area (Å²) in [5.41, 5.74) is 2.86. The largest absolute Gasteiger partial charge is 0.497 e. The molecule has 8 nitrogen and oxygen atoms in total. The summed E-state index contributed by atoms with van der Waals surface area (Å²) in [6, 6.07) is 17.6. The molecule has 0 radical (unpaired) electrons. The first-order valence-electron chi connectivity index (χ1n) is 11.1. The number of hydrogen-bond donors (Lipinski definition) is 1. The summed E-state index contributed by atoms with van der Waals surface area (Å²) in [4.78, 5) is 28.2. The molecule has 0 aliphatic carbocycles. The fourth-order valence-electron chi connectivity index (χ4n) is 4.32. The van der Waals surface area contributed by atoms with Crippen LogP contribution in [0.4, 0.5) is 5.69 Å². The summed E-state index contributed by atoms with van der Waals surface area (Å²) in [6.45, 7) is 0.392. The van der Waals surface area contributed by atoms with Crippen molar-refractivity contribution in [3.8, 4) is 23.0 Å². The van der Waals surface area contributed by atoms with Crippen LogP contribution in [-0.4, -0.2) is 45.2 Å². The van der Waals surface area contributed by atoms with Crippen molar-refractivity contribution < 1.29 is 28.5 Å². The molecule has 0 aromatic heterocycles. The van der Waals surface area contributed by atoms with Gasteiger partial charge in [0.25, 0.3) is 5.91 Å². The topological polar surface area (TPSA) is 86.3 Å². The van der Waals surface area contributed by atoms with E-state index >= 15 is 0 Å². The first-order chi connectivity index (χ1) is 17.0. The number of ether oxygens (including phenoxy) is 4. The number of anilines is 1. The third-order valence-corrected chi connectivity index (χ3v) is 6.03. The molecule has 1 atom stereocenters. The maximum Gasteiger partial charge on any atom is 0.255 e. The summed E-state index contributed by atoms with van der Waals surface area (Å²) >= 11 is 0. The number of fused-ring (bicyclic) bond motifs is 1. The molecular weight excluding hydrogens is 448 g/mol. The van der Waals surface area contributed by atoms with E-state index in [1.165, 1.54) is 21.3 Å². The SMILES string of the molecule is COc1cccc(NC(=O)C[C@@H](c2cc(OC)c(OC)c(OC)c2)N2Cc3ccccc3C2=O)c1. The van der Waals surface area contributed by atoms with Crippen LogP contribution in [0, 0.1) is 0 Å². The van der Waals surface area contributed by atoms with Crippen molar-refractivity contribution in [1.29, 1.82) is 0 Å². The molecule has 0 saturated carbocycles. The molecule has 4 rings (SSSR count). The lowest BCUT2D eigenvalue weighted by Crippen LogP contribution is -2.32. The van der Waals surface area contributed by atoms with Gasteiger partial charge in [-0.15, -0.1) is 0 Å². The van der Waals surface area contributed by atoms with Gasteiger partial charge in [0.05, 0.1) is 40.9 Å². The van der Waals surface area contributed by atoms with Crippen LogP contribution in [0.15, 0.2) is 60.7 Å². The molecule has 182 valence electrons.